The zero-order chi connectivity index (χ0) is 13.0. The third-order valence-electron chi connectivity index (χ3n) is 2.55. The molecule has 0 aliphatic rings. The van der Waals surface area contributed by atoms with E-state index < -0.39 is 5.97 Å². The van der Waals surface area contributed by atoms with Crippen LogP contribution < -0.4 is 0 Å². The van der Waals surface area contributed by atoms with E-state index >= 15 is 0 Å². The van der Waals surface area contributed by atoms with Crippen LogP contribution in [0.25, 0.3) is 11.5 Å². The summed E-state index contributed by atoms with van der Waals surface area (Å²) in [4.78, 5) is 15.0. The second-order valence-corrected chi connectivity index (χ2v) is 4.03. The minimum absolute atomic E-state index is 0.161. The molecule has 18 heavy (non-hydrogen) atoms. The van der Waals surface area contributed by atoms with Gasteiger partial charge < -0.3 is 13.9 Å². The number of carbonyl (C=O) groups is 1. The molecule has 0 bridgehead atoms. The average molecular weight is 249 g/mol. The molecular weight excluding hydrogens is 234 g/mol. The van der Waals surface area contributed by atoms with Gasteiger partial charge in [-0.05, 0) is 18.6 Å². The fourth-order valence-corrected chi connectivity index (χ4v) is 1.70. The first-order valence-electron chi connectivity index (χ1n) is 5.95. The van der Waals surface area contributed by atoms with Crippen LogP contribution >= 0.6 is 0 Å². The molecular formula is C13H15NO4. The summed E-state index contributed by atoms with van der Waals surface area (Å²) in [5.74, 6) is 0.577. The fourth-order valence-electron chi connectivity index (χ4n) is 1.70. The van der Waals surface area contributed by atoms with Gasteiger partial charge in [-0.25, -0.2) is 4.98 Å². The van der Waals surface area contributed by atoms with Gasteiger partial charge >= 0.3 is 5.97 Å². The molecule has 0 unspecified atom stereocenters. The number of aryl methyl sites for hydroxylation is 1. The monoisotopic (exact) mass is 249 g/mol. The SMILES string of the molecule is CCCCc1nc(CC(=O)O)c(-c2ccco2)o1. The lowest BCUT2D eigenvalue weighted by Crippen LogP contribution is -2.01. The first-order chi connectivity index (χ1) is 8.70. The van der Waals surface area contributed by atoms with Crippen molar-refractivity contribution in [2.24, 2.45) is 0 Å². The number of hydrogen-bond donors (Lipinski definition) is 1. The van der Waals surface area contributed by atoms with E-state index in [-0.39, 0.29) is 6.42 Å². The summed E-state index contributed by atoms with van der Waals surface area (Å²) in [5.41, 5.74) is 0.420. The van der Waals surface area contributed by atoms with Gasteiger partial charge in [0.25, 0.3) is 0 Å². The molecule has 0 spiro atoms. The fraction of sp³-hybridized carbons (Fsp3) is 0.385. The van der Waals surface area contributed by atoms with Crippen molar-refractivity contribution in [1.82, 2.24) is 4.98 Å². The van der Waals surface area contributed by atoms with Gasteiger partial charge in [0, 0.05) is 6.42 Å². The van der Waals surface area contributed by atoms with Gasteiger partial charge in [0.15, 0.2) is 17.4 Å². The molecule has 1 N–H and O–H groups in total. The summed E-state index contributed by atoms with van der Waals surface area (Å²) in [5, 5.41) is 8.86. The van der Waals surface area contributed by atoms with Crippen LogP contribution in [-0.2, 0) is 17.6 Å². The van der Waals surface area contributed by atoms with E-state index in [9.17, 15) is 4.79 Å². The number of hydrogen-bond acceptors (Lipinski definition) is 4. The molecule has 0 aromatic carbocycles. The highest BCUT2D eigenvalue weighted by Gasteiger charge is 2.19. The van der Waals surface area contributed by atoms with Crippen molar-refractivity contribution in [3.05, 3.63) is 30.0 Å². The number of oxazole rings is 1. The Morgan fingerprint density at radius 2 is 2.33 bits per heavy atom. The second kappa shape index (κ2) is 5.53. The Morgan fingerprint density at radius 3 is 2.94 bits per heavy atom. The van der Waals surface area contributed by atoms with E-state index in [1.165, 1.54) is 6.26 Å². The van der Waals surface area contributed by atoms with Crippen molar-refractivity contribution in [2.75, 3.05) is 0 Å². The van der Waals surface area contributed by atoms with Gasteiger partial charge in [-0.15, -0.1) is 0 Å². The van der Waals surface area contributed by atoms with E-state index in [2.05, 4.69) is 11.9 Å². The van der Waals surface area contributed by atoms with Gasteiger partial charge in [-0.2, -0.15) is 0 Å². The summed E-state index contributed by atoms with van der Waals surface area (Å²) in [6.45, 7) is 2.08. The van der Waals surface area contributed by atoms with Crippen LogP contribution in [0.5, 0.6) is 0 Å². The van der Waals surface area contributed by atoms with Gasteiger partial charge in [0.1, 0.15) is 5.69 Å². The Labute approximate surface area is 104 Å². The van der Waals surface area contributed by atoms with E-state index in [0.717, 1.165) is 12.8 Å². The Morgan fingerprint density at radius 1 is 1.50 bits per heavy atom. The summed E-state index contributed by atoms with van der Waals surface area (Å²) in [6, 6.07) is 3.46. The Hall–Kier alpha value is -2.04. The molecule has 0 amide bonds. The average Bonchev–Trinajstić information content (AvgIpc) is 2.94. The molecule has 0 fully saturated rings. The smallest absolute Gasteiger partial charge is 0.309 e. The molecule has 5 nitrogen and oxygen atoms in total. The topological polar surface area (TPSA) is 76.5 Å². The number of aromatic nitrogens is 1. The lowest BCUT2D eigenvalue weighted by Gasteiger charge is -1.93. The molecule has 0 radical (unpaired) electrons. The van der Waals surface area contributed by atoms with Crippen LogP contribution in [0, 0.1) is 0 Å². The van der Waals surface area contributed by atoms with Crippen LogP contribution in [-0.4, -0.2) is 16.1 Å². The molecule has 2 aromatic heterocycles. The number of unbranched alkanes of at least 4 members (excludes halogenated alkanes) is 1. The summed E-state index contributed by atoms with van der Waals surface area (Å²) >= 11 is 0. The second-order valence-electron chi connectivity index (χ2n) is 4.03. The lowest BCUT2D eigenvalue weighted by atomic mass is 10.2. The predicted molar refractivity (Wildman–Crippen MR) is 64.2 cm³/mol. The highest BCUT2D eigenvalue weighted by atomic mass is 16.4. The summed E-state index contributed by atoms with van der Waals surface area (Å²) < 4.78 is 10.8. The Bertz CT molecular complexity index is 513. The van der Waals surface area contributed by atoms with E-state index in [4.69, 9.17) is 13.9 Å². The first kappa shape index (κ1) is 12.4. The van der Waals surface area contributed by atoms with E-state index in [1.54, 1.807) is 12.1 Å². The maximum atomic E-state index is 10.8. The lowest BCUT2D eigenvalue weighted by molar-refractivity contribution is -0.136. The van der Waals surface area contributed by atoms with Crippen molar-refractivity contribution < 1.29 is 18.7 Å². The van der Waals surface area contributed by atoms with Gasteiger partial charge in [0.2, 0.25) is 0 Å². The minimum Gasteiger partial charge on any atom is -0.481 e. The number of furan rings is 1. The highest BCUT2D eigenvalue weighted by molar-refractivity contribution is 5.72. The standard InChI is InChI=1S/C13H15NO4/c1-2-3-6-11-14-9(8-12(15)16)13(18-11)10-5-4-7-17-10/h4-5,7H,2-3,6,8H2,1H3,(H,15,16). The number of nitrogens with zero attached hydrogens (tertiary/aromatic N) is 1. The molecule has 0 aliphatic heterocycles. The van der Waals surface area contributed by atoms with Crippen molar-refractivity contribution in [2.45, 2.75) is 32.6 Å². The third kappa shape index (κ3) is 2.80. The highest BCUT2D eigenvalue weighted by Crippen LogP contribution is 2.26. The van der Waals surface area contributed by atoms with Crippen molar-refractivity contribution in [3.63, 3.8) is 0 Å². The first-order valence-corrected chi connectivity index (χ1v) is 5.95. The Kier molecular flexibility index (Phi) is 3.82. The van der Waals surface area contributed by atoms with Gasteiger partial charge in [-0.1, -0.05) is 13.3 Å². The largest absolute Gasteiger partial charge is 0.481 e. The minimum atomic E-state index is -0.932. The van der Waals surface area contributed by atoms with Crippen molar-refractivity contribution in [3.8, 4) is 11.5 Å². The maximum Gasteiger partial charge on any atom is 0.309 e. The van der Waals surface area contributed by atoms with Gasteiger partial charge in [-0.3, -0.25) is 4.79 Å². The van der Waals surface area contributed by atoms with Crippen molar-refractivity contribution in [1.29, 1.82) is 0 Å². The zero-order valence-corrected chi connectivity index (χ0v) is 10.2. The third-order valence-corrected chi connectivity index (χ3v) is 2.55. The molecule has 96 valence electrons. The molecule has 0 atom stereocenters. The van der Waals surface area contributed by atoms with Crippen LogP contribution in [0.15, 0.2) is 27.2 Å². The quantitative estimate of drug-likeness (QED) is 0.851. The molecule has 0 saturated heterocycles. The van der Waals surface area contributed by atoms with Gasteiger partial charge in [0.05, 0.1) is 12.7 Å². The normalized spacial score (nSPS) is 10.7. The Balaban J connectivity index is 2.30. The molecule has 2 aromatic rings. The van der Waals surface area contributed by atoms with Crippen LogP contribution in [0.1, 0.15) is 31.4 Å². The van der Waals surface area contributed by atoms with E-state index in [0.29, 0.717) is 29.5 Å². The number of carboxylic acids is 1. The number of rotatable bonds is 6. The molecule has 0 saturated carbocycles. The van der Waals surface area contributed by atoms with Crippen LogP contribution in [0.2, 0.25) is 0 Å². The summed E-state index contributed by atoms with van der Waals surface area (Å²) in [6.07, 6.45) is 4.07. The van der Waals surface area contributed by atoms with Crippen LogP contribution in [0.3, 0.4) is 0 Å². The zero-order valence-electron chi connectivity index (χ0n) is 10.2. The molecule has 2 rings (SSSR count). The molecule has 5 heteroatoms. The molecule has 2 heterocycles. The van der Waals surface area contributed by atoms with Crippen LogP contribution in [0.4, 0.5) is 0 Å². The maximum absolute atomic E-state index is 10.8. The number of aliphatic carboxylic acids is 1. The number of carboxylic acid groups (broad SMARTS) is 1. The predicted octanol–water partition coefficient (Wildman–Crippen LogP) is 2.90. The molecule has 0 aliphatic carbocycles. The van der Waals surface area contributed by atoms with E-state index in [1.807, 2.05) is 0 Å². The van der Waals surface area contributed by atoms with Crippen molar-refractivity contribution >= 4 is 5.97 Å². The summed E-state index contributed by atoms with van der Waals surface area (Å²) in [7, 11) is 0.